The van der Waals surface area contributed by atoms with Gasteiger partial charge in [-0.3, -0.25) is 4.68 Å². The van der Waals surface area contributed by atoms with E-state index in [2.05, 4.69) is 24.0 Å². The Morgan fingerprint density at radius 1 is 1.50 bits per heavy atom. The molecule has 1 aromatic rings. The Bertz CT molecular complexity index is 329. The number of nitrogens with zero attached hydrogens (tertiary/aromatic N) is 3. The quantitative estimate of drug-likeness (QED) is 0.739. The number of fused-ring (bicyclic) bond motifs is 1. The molecule has 0 saturated carbocycles. The van der Waals surface area contributed by atoms with Gasteiger partial charge in [0.05, 0.1) is 11.4 Å². The van der Waals surface area contributed by atoms with Crippen LogP contribution < -0.4 is 5.73 Å². The summed E-state index contributed by atoms with van der Waals surface area (Å²) in [6, 6.07) is 0. The molecule has 2 N–H and O–H groups in total. The fourth-order valence-electron chi connectivity index (χ4n) is 2.11. The summed E-state index contributed by atoms with van der Waals surface area (Å²) in [5.74, 6) is 0. The van der Waals surface area contributed by atoms with Crippen molar-refractivity contribution in [3.8, 4) is 0 Å². The van der Waals surface area contributed by atoms with Gasteiger partial charge in [-0.25, -0.2) is 0 Å². The summed E-state index contributed by atoms with van der Waals surface area (Å²) < 4.78 is 2.05. The molecule has 14 heavy (non-hydrogen) atoms. The van der Waals surface area contributed by atoms with Crippen molar-refractivity contribution in [2.24, 2.45) is 5.73 Å². The minimum Gasteiger partial charge on any atom is -0.325 e. The van der Waals surface area contributed by atoms with Crippen molar-refractivity contribution in [3.05, 3.63) is 17.0 Å². The summed E-state index contributed by atoms with van der Waals surface area (Å²) in [5.41, 5.74) is 9.60. The van der Waals surface area contributed by atoms with Crippen LogP contribution in [0.2, 0.25) is 0 Å². The van der Waals surface area contributed by atoms with Crippen molar-refractivity contribution in [1.82, 2.24) is 14.7 Å². The zero-order valence-corrected chi connectivity index (χ0v) is 8.95. The van der Waals surface area contributed by atoms with Gasteiger partial charge in [0.15, 0.2) is 0 Å². The molecule has 0 unspecified atom stereocenters. The van der Waals surface area contributed by atoms with Gasteiger partial charge in [-0.15, -0.1) is 0 Å². The van der Waals surface area contributed by atoms with Gasteiger partial charge in [0.1, 0.15) is 0 Å². The molecule has 0 aliphatic carbocycles. The fourth-order valence-corrected chi connectivity index (χ4v) is 2.11. The van der Waals surface area contributed by atoms with Crippen molar-refractivity contribution < 1.29 is 0 Å². The topological polar surface area (TPSA) is 47.1 Å². The molecule has 0 amide bonds. The first-order valence-corrected chi connectivity index (χ1v) is 5.22. The molecule has 0 aromatic carbocycles. The molecule has 0 atom stereocenters. The van der Waals surface area contributed by atoms with Gasteiger partial charge in [0, 0.05) is 38.2 Å². The van der Waals surface area contributed by atoms with E-state index in [-0.39, 0.29) is 0 Å². The third kappa shape index (κ3) is 1.44. The number of aromatic nitrogens is 2. The highest BCUT2D eigenvalue weighted by molar-refractivity contribution is 5.28. The van der Waals surface area contributed by atoms with E-state index < -0.39 is 0 Å². The fraction of sp³-hybridized carbons (Fsp3) is 0.700. The number of hydrogen-bond acceptors (Lipinski definition) is 3. The van der Waals surface area contributed by atoms with Crippen LogP contribution in [-0.4, -0.2) is 28.3 Å². The molecule has 1 aliphatic heterocycles. The summed E-state index contributed by atoms with van der Waals surface area (Å²) in [6.07, 6.45) is 1.06. The first-order chi connectivity index (χ1) is 6.76. The van der Waals surface area contributed by atoms with Gasteiger partial charge in [0.2, 0.25) is 0 Å². The number of likely N-dealkylation sites (N-methyl/N-ethyl adjacent to an activating group) is 1. The predicted octanol–water partition coefficient (Wildman–Crippen LogP) is 0.350. The molecule has 0 fully saturated rings. The average molecular weight is 194 g/mol. The molecular formula is C10H18N4. The summed E-state index contributed by atoms with van der Waals surface area (Å²) in [7, 11) is 2.15. The minimum absolute atomic E-state index is 0.601. The van der Waals surface area contributed by atoms with Crippen LogP contribution in [-0.2, 0) is 26.1 Å². The maximum Gasteiger partial charge on any atom is 0.0685 e. The van der Waals surface area contributed by atoms with E-state index in [1.807, 2.05) is 4.68 Å². The van der Waals surface area contributed by atoms with E-state index in [1.165, 1.54) is 17.0 Å². The molecule has 0 radical (unpaired) electrons. The highest BCUT2D eigenvalue weighted by atomic mass is 15.3. The Hall–Kier alpha value is -0.870. The second-order valence-corrected chi connectivity index (χ2v) is 3.88. The number of hydrogen-bond donors (Lipinski definition) is 1. The van der Waals surface area contributed by atoms with Crippen LogP contribution >= 0.6 is 0 Å². The normalized spacial score (nSPS) is 17.1. The Morgan fingerprint density at radius 3 is 2.93 bits per heavy atom. The van der Waals surface area contributed by atoms with E-state index in [1.54, 1.807) is 0 Å². The highest BCUT2D eigenvalue weighted by Gasteiger charge is 2.21. The second kappa shape index (κ2) is 3.71. The van der Waals surface area contributed by atoms with Gasteiger partial charge in [-0.1, -0.05) is 0 Å². The summed E-state index contributed by atoms with van der Waals surface area (Å²) >= 11 is 0. The number of rotatable bonds is 2. The van der Waals surface area contributed by atoms with Crippen LogP contribution in [0.15, 0.2) is 0 Å². The van der Waals surface area contributed by atoms with Gasteiger partial charge in [-0.05, 0) is 14.0 Å². The van der Waals surface area contributed by atoms with Crippen molar-refractivity contribution >= 4 is 0 Å². The number of aryl methyl sites for hydroxylation is 1. The van der Waals surface area contributed by atoms with Crippen LogP contribution in [0.1, 0.15) is 23.9 Å². The molecule has 78 valence electrons. The van der Waals surface area contributed by atoms with Crippen LogP contribution in [0, 0.1) is 0 Å². The number of nitrogens with two attached hydrogens (primary N) is 1. The van der Waals surface area contributed by atoms with Crippen molar-refractivity contribution in [2.75, 3.05) is 13.6 Å². The van der Waals surface area contributed by atoms with E-state index in [9.17, 15) is 0 Å². The molecule has 1 aromatic heterocycles. The average Bonchev–Trinajstić information content (AvgIpc) is 2.54. The van der Waals surface area contributed by atoms with Crippen molar-refractivity contribution in [3.63, 3.8) is 0 Å². The third-order valence-corrected chi connectivity index (χ3v) is 2.90. The molecule has 0 spiro atoms. The Balaban J connectivity index is 2.41. The van der Waals surface area contributed by atoms with Gasteiger partial charge >= 0.3 is 0 Å². The maximum absolute atomic E-state index is 5.76. The molecule has 1 aliphatic rings. The smallest absolute Gasteiger partial charge is 0.0685 e. The summed E-state index contributed by atoms with van der Waals surface area (Å²) in [6.45, 7) is 5.74. The molecule has 4 heteroatoms. The lowest BCUT2D eigenvalue weighted by Crippen LogP contribution is -2.26. The van der Waals surface area contributed by atoms with E-state index >= 15 is 0 Å². The zero-order chi connectivity index (χ0) is 10.1. The minimum atomic E-state index is 0.601. The van der Waals surface area contributed by atoms with E-state index in [4.69, 9.17) is 5.73 Å². The predicted molar refractivity (Wildman–Crippen MR) is 55.8 cm³/mol. The van der Waals surface area contributed by atoms with E-state index in [0.717, 1.165) is 26.1 Å². The molecule has 4 nitrogen and oxygen atoms in total. The molecule has 0 bridgehead atoms. The monoisotopic (exact) mass is 194 g/mol. The summed E-state index contributed by atoms with van der Waals surface area (Å²) in [5, 5.41) is 4.58. The Kier molecular flexibility index (Phi) is 2.56. The van der Waals surface area contributed by atoms with Crippen LogP contribution in [0.4, 0.5) is 0 Å². The van der Waals surface area contributed by atoms with Crippen LogP contribution in [0.25, 0.3) is 0 Å². The Morgan fingerprint density at radius 2 is 2.29 bits per heavy atom. The lowest BCUT2D eigenvalue weighted by Gasteiger charge is -2.21. The molecule has 2 heterocycles. The van der Waals surface area contributed by atoms with Crippen LogP contribution in [0.3, 0.4) is 0 Å². The molecule has 0 saturated heterocycles. The van der Waals surface area contributed by atoms with Gasteiger partial charge in [-0.2, -0.15) is 5.10 Å². The van der Waals surface area contributed by atoms with Gasteiger partial charge in [0.25, 0.3) is 0 Å². The molecule has 2 rings (SSSR count). The highest BCUT2D eigenvalue weighted by Crippen LogP contribution is 2.20. The second-order valence-electron chi connectivity index (χ2n) is 3.88. The Labute approximate surface area is 84.7 Å². The summed E-state index contributed by atoms with van der Waals surface area (Å²) in [4.78, 5) is 2.32. The van der Waals surface area contributed by atoms with Crippen molar-refractivity contribution in [2.45, 2.75) is 33.0 Å². The first-order valence-electron chi connectivity index (χ1n) is 5.22. The molecular weight excluding hydrogens is 176 g/mol. The van der Waals surface area contributed by atoms with Crippen molar-refractivity contribution in [1.29, 1.82) is 0 Å². The first kappa shape index (κ1) is 9.68. The maximum atomic E-state index is 5.76. The SMILES string of the molecule is CCn1nc2c(c1CN)CN(C)CC2. The lowest BCUT2D eigenvalue weighted by molar-refractivity contribution is 0.310. The third-order valence-electron chi connectivity index (χ3n) is 2.90. The standard InChI is InChI=1S/C10H18N4/c1-3-14-10(6-11)8-7-13(2)5-4-9(8)12-14/h3-7,11H2,1-2H3. The van der Waals surface area contributed by atoms with Gasteiger partial charge < -0.3 is 10.6 Å². The largest absolute Gasteiger partial charge is 0.325 e. The lowest BCUT2D eigenvalue weighted by atomic mass is 10.1. The van der Waals surface area contributed by atoms with E-state index in [0.29, 0.717) is 6.54 Å². The van der Waals surface area contributed by atoms with Crippen LogP contribution in [0.5, 0.6) is 0 Å². The zero-order valence-electron chi connectivity index (χ0n) is 8.95.